The number of ether oxygens (including phenoxy) is 3. The second-order valence-electron chi connectivity index (χ2n) is 6.65. The maximum absolute atomic E-state index is 13.0. The van der Waals surface area contributed by atoms with E-state index in [0.29, 0.717) is 22.7 Å². The number of hydrogen-bond donors (Lipinski definition) is 2. The van der Waals surface area contributed by atoms with Crippen molar-refractivity contribution in [3.63, 3.8) is 0 Å². The Bertz CT molecular complexity index is 951. The Balaban J connectivity index is 2.44. The third kappa shape index (κ3) is 5.10. The molecule has 0 saturated heterocycles. The van der Waals surface area contributed by atoms with Crippen LogP contribution in [0.25, 0.3) is 0 Å². The van der Waals surface area contributed by atoms with Crippen molar-refractivity contribution in [3.05, 3.63) is 34.2 Å². The highest BCUT2D eigenvalue weighted by atomic mass is 32.1. The van der Waals surface area contributed by atoms with Crippen molar-refractivity contribution in [2.75, 3.05) is 31.5 Å². The van der Waals surface area contributed by atoms with Gasteiger partial charge in [-0.15, -0.1) is 11.3 Å². The summed E-state index contributed by atoms with van der Waals surface area (Å²) in [6.07, 6.45) is 0. The SMILES string of the molecule is CCOC(=O)c1c(NC(=O)C(C)C)sc(C(=O)Nc2cc(OC)ccc2OC)c1C. The summed E-state index contributed by atoms with van der Waals surface area (Å²) in [6, 6.07) is 5.02. The second kappa shape index (κ2) is 10.1. The molecule has 0 radical (unpaired) electrons. The van der Waals surface area contributed by atoms with Crippen LogP contribution in [0.4, 0.5) is 10.7 Å². The molecule has 30 heavy (non-hydrogen) atoms. The number of nitrogens with one attached hydrogen (secondary N) is 2. The zero-order chi connectivity index (χ0) is 22.4. The van der Waals surface area contributed by atoms with Crippen LogP contribution in [0.1, 0.15) is 46.4 Å². The number of carbonyl (C=O) groups is 3. The number of esters is 1. The maximum atomic E-state index is 13.0. The predicted molar refractivity (Wildman–Crippen MR) is 116 cm³/mol. The minimum absolute atomic E-state index is 0.175. The lowest BCUT2D eigenvalue weighted by Gasteiger charge is -2.11. The first-order valence-corrected chi connectivity index (χ1v) is 10.2. The van der Waals surface area contributed by atoms with Crippen molar-refractivity contribution in [3.8, 4) is 11.5 Å². The fourth-order valence-corrected chi connectivity index (χ4v) is 3.71. The average molecular weight is 435 g/mol. The van der Waals surface area contributed by atoms with E-state index in [1.54, 1.807) is 45.9 Å². The molecule has 2 aromatic rings. The Morgan fingerprint density at radius 2 is 1.80 bits per heavy atom. The van der Waals surface area contributed by atoms with Gasteiger partial charge in [0.25, 0.3) is 5.91 Å². The first kappa shape index (κ1) is 23.2. The van der Waals surface area contributed by atoms with Gasteiger partial charge in [-0.1, -0.05) is 13.8 Å². The van der Waals surface area contributed by atoms with Crippen LogP contribution in [-0.4, -0.2) is 38.6 Å². The third-order valence-electron chi connectivity index (χ3n) is 4.25. The molecule has 1 heterocycles. The van der Waals surface area contributed by atoms with Crippen molar-refractivity contribution in [2.45, 2.75) is 27.7 Å². The van der Waals surface area contributed by atoms with Gasteiger partial charge in [-0.05, 0) is 31.5 Å². The van der Waals surface area contributed by atoms with Crippen molar-refractivity contribution in [1.82, 2.24) is 0 Å². The zero-order valence-electron chi connectivity index (χ0n) is 17.9. The zero-order valence-corrected chi connectivity index (χ0v) is 18.7. The minimum atomic E-state index is -0.594. The van der Waals surface area contributed by atoms with E-state index in [-0.39, 0.29) is 33.9 Å². The molecule has 0 spiro atoms. The van der Waals surface area contributed by atoms with Crippen molar-refractivity contribution >= 4 is 39.8 Å². The molecule has 0 atom stereocenters. The van der Waals surface area contributed by atoms with Crippen molar-refractivity contribution in [2.24, 2.45) is 5.92 Å². The van der Waals surface area contributed by atoms with E-state index in [9.17, 15) is 14.4 Å². The summed E-state index contributed by atoms with van der Waals surface area (Å²) in [7, 11) is 3.01. The van der Waals surface area contributed by atoms with E-state index < -0.39 is 11.9 Å². The number of benzene rings is 1. The van der Waals surface area contributed by atoms with Crippen molar-refractivity contribution in [1.29, 1.82) is 0 Å². The highest BCUT2D eigenvalue weighted by Gasteiger charge is 2.27. The first-order chi connectivity index (χ1) is 14.2. The fraction of sp³-hybridized carbons (Fsp3) is 0.381. The quantitative estimate of drug-likeness (QED) is 0.607. The van der Waals surface area contributed by atoms with Crippen LogP contribution in [0, 0.1) is 12.8 Å². The Morgan fingerprint density at radius 1 is 1.10 bits per heavy atom. The maximum Gasteiger partial charge on any atom is 0.341 e. The van der Waals surface area contributed by atoms with Crippen LogP contribution in [-0.2, 0) is 9.53 Å². The molecule has 1 aromatic heterocycles. The molecular formula is C21H26N2O6S. The van der Waals surface area contributed by atoms with E-state index in [1.165, 1.54) is 14.2 Å². The van der Waals surface area contributed by atoms with E-state index in [4.69, 9.17) is 14.2 Å². The van der Waals surface area contributed by atoms with E-state index >= 15 is 0 Å². The number of hydrogen-bond acceptors (Lipinski definition) is 7. The average Bonchev–Trinajstić information content (AvgIpc) is 3.03. The molecule has 0 saturated carbocycles. The Labute approximate surface area is 179 Å². The Hall–Kier alpha value is -3.07. The molecule has 0 aliphatic heterocycles. The van der Waals surface area contributed by atoms with Crippen LogP contribution >= 0.6 is 11.3 Å². The Morgan fingerprint density at radius 3 is 2.37 bits per heavy atom. The fourth-order valence-electron chi connectivity index (χ4n) is 2.61. The summed E-state index contributed by atoms with van der Waals surface area (Å²) in [6.45, 7) is 6.99. The number of amides is 2. The van der Waals surface area contributed by atoms with Gasteiger partial charge in [-0.25, -0.2) is 4.79 Å². The van der Waals surface area contributed by atoms with Gasteiger partial charge in [0.1, 0.15) is 16.5 Å². The van der Waals surface area contributed by atoms with Gasteiger partial charge in [0, 0.05) is 12.0 Å². The molecule has 2 N–H and O–H groups in total. The van der Waals surface area contributed by atoms with Gasteiger partial charge in [-0.3, -0.25) is 9.59 Å². The molecule has 2 rings (SSSR count). The Kier molecular flexibility index (Phi) is 7.82. The molecule has 0 aliphatic rings. The molecule has 0 fully saturated rings. The van der Waals surface area contributed by atoms with Crippen molar-refractivity contribution < 1.29 is 28.6 Å². The summed E-state index contributed by atoms with van der Waals surface area (Å²) in [5.74, 6) is -0.588. The van der Waals surface area contributed by atoms with Crippen LogP contribution in [0.2, 0.25) is 0 Å². The van der Waals surface area contributed by atoms with Crippen LogP contribution in [0.15, 0.2) is 18.2 Å². The van der Waals surface area contributed by atoms with E-state index in [0.717, 1.165) is 11.3 Å². The lowest BCUT2D eigenvalue weighted by atomic mass is 10.1. The highest BCUT2D eigenvalue weighted by Crippen LogP contribution is 2.36. The summed E-state index contributed by atoms with van der Waals surface area (Å²) in [5.41, 5.74) is 1.02. The summed E-state index contributed by atoms with van der Waals surface area (Å²) >= 11 is 1.02. The standard InChI is InChI=1S/C21H26N2O6S/c1-7-29-21(26)16-12(4)17(30-20(16)23-18(24)11(2)3)19(25)22-14-10-13(27-5)8-9-15(14)28-6/h8-11H,7H2,1-6H3,(H,22,25)(H,23,24). The second-order valence-corrected chi connectivity index (χ2v) is 7.67. The van der Waals surface area contributed by atoms with Crippen LogP contribution in [0.3, 0.4) is 0 Å². The van der Waals surface area contributed by atoms with Gasteiger partial charge in [0.15, 0.2) is 0 Å². The highest BCUT2D eigenvalue weighted by molar-refractivity contribution is 7.19. The molecular weight excluding hydrogens is 408 g/mol. The minimum Gasteiger partial charge on any atom is -0.497 e. The van der Waals surface area contributed by atoms with Gasteiger partial charge in [0.2, 0.25) is 5.91 Å². The number of rotatable bonds is 8. The topological polar surface area (TPSA) is 103 Å². The molecule has 0 aliphatic carbocycles. The van der Waals surface area contributed by atoms with Gasteiger partial charge < -0.3 is 24.8 Å². The number of carbonyl (C=O) groups excluding carboxylic acids is 3. The smallest absolute Gasteiger partial charge is 0.341 e. The summed E-state index contributed by atoms with van der Waals surface area (Å²) < 4.78 is 15.6. The normalized spacial score (nSPS) is 10.5. The largest absolute Gasteiger partial charge is 0.497 e. The van der Waals surface area contributed by atoms with Crippen LogP contribution < -0.4 is 20.1 Å². The number of thiophene rings is 1. The van der Waals surface area contributed by atoms with E-state index in [1.807, 2.05) is 0 Å². The number of methoxy groups -OCH3 is 2. The molecule has 8 nitrogen and oxygen atoms in total. The predicted octanol–water partition coefficient (Wildman–Crippen LogP) is 4.10. The summed E-state index contributed by atoms with van der Waals surface area (Å²) in [4.78, 5) is 38.0. The lowest BCUT2D eigenvalue weighted by Crippen LogP contribution is -2.19. The van der Waals surface area contributed by atoms with E-state index in [2.05, 4.69) is 10.6 Å². The van der Waals surface area contributed by atoms with Crippen LogP contribution in [0.5, 0.6) is 11.5 Å². The molecule has 2 amide bonds. The van der Waals surface area contributed by atoms with Gasteiger partial charge >= 0.3 is 5.97 Å². The lowest BCUT2D eigenvalue weighted by molar-refractivity contribution is -0.118. The molecule has 162 valence electrons. The molecule has 9 heteroatoms. The first-order valence-electron chi connectivity index (χ1n) is 9.38. The third-order valence-corrected chi connectivity index (χ3v) is 5.45. The number of anilines is 2. The molecule has 1 aromatic carbocycles. The van der Waals surface area contributed by atoms with Gasteiger partial charge in [0.05, 0.1) is 37.0 Å². The molecule has 0 unspecified atom stereocenters. The van der Waals surface area contributed by atoms with Gasteiger partial charge in [-0.2, -0.15) is 0 Å². The summed E-state index contributed by atoms with van der Waals surface area (Å²) in [5, 5.41) is 5.79. The monoisotopic (exact) mass is 434 g/mol. The molecule has 0 bridgehead atoms.